The maximum atomic E-state index is 10.9. The van der Waals surface area contributed by atoms with Gasteiger partial charge < -0.3 is 9.84 Å². The first-order chi connectivity index (χ1) is 5.20. The standard InChI is InChI=1S/C7H15NO3/c1-8(3-4-9)5-7(10)6-11-2/h9H,3-6H2,1-2H3. The topological polar surface area (TPSA) is 49.8 Å². The first kappa shape index (κ1) is 10.6. The van der Waals surface area contributed by atoms with Crippen LogP contribution in [0.5, 0.6) is 0 Å². The molecule has 4 heteroatoms. The van der Waals surface area contributed by atoms with E-state index in [4.69, 9.17) is 5.11 Å². The van der Waals surface area contributed by atoms with Crippen molar-refractivity contribution >= 4 is 5.78 Å². The normalized spacial score (nSPS) is 10.5. The number of carbonyl (C=O) groups is 1. The third-order valence-electron chi connectivity index (χ3n) is 1.23. The molecule has 0 saturated heterocycles. The number of rotatable bonds is 6. The molecule has 0 unspecified atom stereocenters. The van der Waals surface area contributed by atoms with E-state index in [0.717, 1.165) is 0 Å². The van der Waals surface area contributed by atoms with Crippen molar-refractivity contribution in [1.82, 2.24) is 4.90 Å². The highest BCUT2D eigenvalue weighted by Gasteiger charge is 2.04. The Hall–Kier alpha value is -0.450. The second-order valence-electron chi connectivity index (χ2n) is 2.43. The highest BCUT2D eigenvalue weighted by molar-refractivity contribution is 5.81. The Morgan fingerprint density at radius 2 is 2.27 bits per heavy atom. The largest absolute Gasteiger partial charge is 0.395 e. The molecule has 0 aromatic carbocycles. The van der Waals surface area contributed by atoms with E-state index in [2.05, 4.69) is 4.74 Å². The Balaban J connectivity index is 3.40. The van der Waals surface area contributed by atoms with Crippen LogP contribution < -0.4 is 0 Å². The summed E-state index contributed by atoms with van der Waals surface area (Å²) >= 11 is 0. The highest BCUT2D eigenvalue weighted by Crippen LogP contribution is 1.82. The van der Waals surface area contributed by atoms with E-state index < -0.39 is 0 Å². The molecule has 0 bridgehead atoms. The van der Waals surface area contributed by atoms with Gasteiger partial charge in [-0.1, -0.05) is 0 Å². The van der Waals surface area contributed by atoms with Crippen LogP contribution in [-0.4, -0.2) is 56.3 Å². The average Bonchev–Trinajstić information content (AvgIpc) is 1.87. The molecule has 66 valence electrons. The molecule has 0 aromatic heterocycles. The van der Waals surface area contributed by atoms with Gasteiger partial charge in [-0.15, -0.1) is 0 Å². The van der Waals surface area contributed by atoms with Crippen LogP contribution in [0.4, 0.5) is 0 Å². The zero-order chi connectivity index (χ0) is 8.69. The number of hydrogen-bond donors (Lipinski definition) is 1. The molecule has 0 amide bonds. The van der Waals surface area contributed by atoms with E-state index >= 15 is 0 Å². The number of aliphatic hydroxyl groups is 1. The van der Waals surface area contributed by atoms with Crippen LogP contribution in [0.1, 0.15) is 0 Å². The second kappa shape index (κ2) is 6.27. The van der Waals surface area contributed by atoms with Crippen LogP contribution in [0.3, 0.4) is 0 Å². The van der Waals surface area contributed by atoms with Crippen LogP contribution in [0, 0.1) is 0 Å². The van der Waals surface area contributed by atoms with E-state index in [0.29, 0.717) is 13.1 Å². The van der Waals surface area contributed by atoms with Gasteiger partial charge in [-0.25, -0.2) is 0 Å². The molecule has 0 atom stereocenters. The van der Waals surface area contributed by atoms with E-state index in [1.54, 1.807) is 11.9 Å². The molecule has 0 aromatic rings. The molecule has 0 fully saturated rings. The first-order valence-corrected chi connectivity index (χ1v) is 3.50. The molecule has 0 radical (unpaired) electrons. The van der Waals surface area contributed by atoms with Gasteiger partial charge in [0.2, 0.25) is 0 Å². The molecule has 0 aliphatic carbocycles. The second-order valence-corrected chi connectivity index (χ2v) is 2.43. The molecule has 0 rings (SSSR count). The third-order valence-corrected chi connectivity index (χ3v) is 1.23. The number of carbonyl (C=O) groups excluding carboxylic acids is 1. The predicted molar refractivity (Wildman–Crippen MR) is 41.5 cm³/mol. The minimum atomic E-state index is 0.0310. The summed E-state index contributed by atoms with van der Waals surface area (Å²) in [6, 6.07) is 0. The maximum Gasteiger partial charge on any atom is 0.172 e. The van der Waals surface area contributed by atoms with Gasteiger partial charge in [0.15, 0.2) is 5.78 Å². The number of methoxy groups -OCH3 is 1. The van der Waals surface area contributed by atoms with Gasteiger partial charge in [0.05, 0.1) is 13.2 Å². The number of ether oxygens (including phenoxy) is 1. The summed E-state index contributed by atoms with van der Waals surface area (Å²) in [5.41, 5.74) is 0. The monoisotopic (exact) mass is 161 g/mol. The van der Waals surface area contributed by atoms with Crippen molar-refractivity contribution < 1.29 is 14.6 Å². The van der Waals surface area contributed by atoms with E-state index in [1.807, 2.05) is 0 Å². The van der Waals surface area contributed by atoms with Crippen molar-refractivity contribution in [3.63, 3.8) is 0 Å². The van der Waals surface area contributed by atoms with Crippen molar-refractivity contribution in [3.8, 4) is 0 Å². The highest BCUT2D eigenvalue weighted by atomic mass is 16.5. The molecule has 0 aliphatic heterocycles. The van der Waals surface area contributed by atoms with Gasteiger partial charge in [-0.05, 0) is 7.05 Å². The van der Waals surface area contributed by atoms with Crippen LogP contribution >= 0.6 is 0 Å². The smallest absolute Gasteiger partial charge is 0.172 e. The van der Waals surface area contributed by atoms with Crippen LogP contribution in [0.15, 0.2) is 0 Å². The van der Waals surface area contributed by atoms with Gasteiger partial charge in [0.1, 0.15) is 6.61 Å². The zero-order valence-electron chi connectivity index (χ0n) is 7.04. The summed E-state index contributed by atoms with van der Waals surface area (Å²) in [6.07, 6.45) is 0. The van der Waals surface area contributed by atoms with E-state index in [9.17, 15) is 4.79 Å². The average molecular weight is 161 g/mol. The lowest BCUT2D eigenvalue weighted by atomic mass is 10.4. The van der Waals surface area contributed by atoms with Crippen molar-refractivity contribution in [3.05, 3.63) is 0 Å². The first-order valence-electron chi connectivity index (χ1n) is 3.50. The summed E-state index contributed by atoms with van der Waals surface area (Å²) in [5, 5.41) is 8.50. The molecule has 0 heterocycles. The lowest BCUT2D eigenvalue weighted by molar-refractivity contribution is -0.123. The molecule has 4 nitrogen and oxygen atoms in total. The zero-order valence-corrected chi connectivity index (χ0v) is 7.04. The van der Waals surface area contributed by atoms with Gasteiger partial charge in [0, 0.05) is 13.7 Å². The molecular weight excluding hydrogens is 146 g/mol. The molecule has 0 spiro atoms. The Morgan fingerprint density at radius 3 is 2.73 bits per heavy atom. The summed E-state index contributed by atoms with van der Waals surface area (Å²) in [6.45, 7) is 1.09. The van der Waals surface area contributed by atoms with Gasteiger partial charge >= 0.3 is 0 Å². The predicted octanol–water partition coefficient (Wildman–Crippen LogP) is -0.874. The number of ketones is 1. The Labute approximate surface area is 66.8 Å². The van der Waals surface area contributed by atoms with Crippen LogP contribution in [0.25, 0.3) is 0 Å². The van der Waals surface area contributed by atoms with Gasteiger partial charge in [-0.2, -0.15) is 0 Å². The third kappa shape index (κ3) is 5.97. The summed E-state index contributed by atoms with van der Waals surface area (Å²) in [4.78, 5) is 12.6. The van der Waals surface area contributed by atoms with Gasteiger partial charge in [0.25, 0.3) is 0 Å². The fourth-order valence-electron chi connectivity index (χ4n) is 0.757. The minimum absolute atomic E-state index is 0.0310. The lowest BCUT2D eigenvalue weighted by Gasteiger charge is -2.12. The summed E-state index contributed by atoms with van der Waals surface area (Å²) in [7, 11) is 3.27. The summed E-state index contributed by atoms with van der Waals surface area (Å²) < 4.78 is 4.64. The number of hydrogen-bond acceptors (Lipinski definition) is 4. The van der Waals surface area contributed by atoms with E-state index in [1.165, 1.54) is 7.11 Å². The molecule has 0 saturated carbocycles. The Kier molecular flexibility index (Phi) is 6.02. The van der Waals surface area contributed by atoms with Gasteiger partial charge in [-0.3, -0.25) is 9.69 Å². The number of nitrogens with zero attached hydrogens (tertiary/aromatic N) is 1. The SMILES string of the molecule is COCC(=O)CN(C)CCO. The number of Topliss-reactive ketones (excluding diaryl/α,β-unsaturated/α-hetero) is 1. The minimum Gasteiger partial charge on any atom is -0.395 e. The molecule has 11 heavy (non-hydrogen) atoms. The Bertz CT molecular complexity index is 116. The Morgan fingerprint density at radius 1 is 1.64 bits per heavy atom. The number of aliphatic hydroxyl groups excluding tert-OH is 1. The fourth-order valence-corrected chi connectivity index (χ4v) is 0.757. The quantitative estimate of drug-likeness (QED) is 0.550. The van der Waals surface area contributed by atoms with Crippen molar-refractivity contribution in [2.24, 2.45) is 0 Å². The van der Waals surface area contributed by atoms with Crippen LogP contribution in [-0.2, 0) is 9.53 Å². The van der Waals surface area contributed by atoms with E-state index in [-0.39, 0.29) is 19.0 Å². The fraction of sp³-hybridized carbons (Fsp3) is 0.857. The summed E-state index contributed by atoms with van der Waals surface area (Å²) in [5.74, 6) is 0.0310. The number of likely N-dealkylation sites (N-methyl/N-ethyl adjacent to an activating group) is 1. The van der Waals surface area contributed by atoms with Crippen molar-refractivity contribution in [2.75, 3.05) is 40.5 Å². The van der Waals surface area contributed by atoms with Crippen molar-refractivity contribution in [2.45, 2.75) is 0 Å². The maximum absolute atomic E-state index is 10.9. The molecule has 0 aliphatic rings. The van der Waals surface area contributed by atoms with Crippen molar-refractivity contribution in [1.29, 1.82) is 0 Å². The molecular formula is C7H15NO3. The van der Waals surface area contributed by atoms with Crippen LogP contribution in [0.2, 0.25) is 0 Å². The lowest BCUT2D eigenvalue weighted by Crippen LogP contribution is -2.30. The molecule has 1 N–H and O–H groups in total.